The van der Waals surface area contributed by atoms with Crippen LogP contribution in [0.3, 0.4) is 0 Å². The van der Waals surface area contributed by atoms with E-state index in [-0.39, 0.29) is 0 Å². The fourth-order valence-corrected chi connectivity index (χ4v) is 3.88. The Labute approximate surface area is 109 Å². The van der Waals surface area contributed by atoms with Crippen molar-refractivity contribution in [1.82, 2.24) is 0 Å². The van der Waals surface area contributed by atoms with Gasteiger partial charge in [0.15, 0.2) is 0 Å². The lowest BCUT2D eigenvalue weighted by molar-refractivity contribution is 0.645. The van der Waals surface area contributed by atoms with Crippen LogP contribution in [0.15, 0.2) is 53.4 Å². The van der Waals surface area contributed by atoms with E-state index in [4.69, 9.17) is 5.73 Å². The van der Waals surface area contributed by atoms with Gasteiger partial charge in [-0.05, 0) is 29.7 Å². The van der Waals surface area contributed by atoms with Gasteiger partial charge in [0.1, 0.15) is 0 Å². The summed E-state index contributed by atoms with van der Waals surface area (Å²) in [4.78, 5) is 0.766. The number of anilines is 1. The maximum atomic E-state index is 12.3. The molecule has 2 N–H and O–H groups in total. The second-order valence-corrected chi connectivity index (χ2v) is 6.11. The number of nitrogens with two attached hydrogens (primary N) is 1. The molecule has 2 aromatic rings. The summed E-state index contributed by atoms with van der Waals surface area (Å²) in [5.74, 6) is 1.09. The molecule has 92 valence electrons. The van der Waals surface area contributed by atoms with E-state index in [9.17, 15) is 4.21 Å². The third-order valence-electron chi connectivity index (χ3n) is 3.48. The maximum absolute atomic E-state index is 12.3. The number of fused-ring (bicyclic) bond motifs is 1. The van der Waals surface area contributed by atoms with Crippen molar-refractivity contribution in [1.29, 1.82) is 0 Å². The molecule has 0 fully saturated rings. The summed E-state index contributed by atoms with van der Waals surface area (Å²) in [5, 5.41) is 0. The highest BCUT2D eigenvalue weighted by Gasteiger charge is 2.27. The van der Waals surface area contributed by atoms with Crippen LogP contribution in [0.1, 0.15) is 17.0 Å². The fraction of sp³-hybridized carbons (Fsp3) is 0.200. The number of benzene rings is 2. The molecule has 0 aliphatic heterocycles. The van der Waals surface area contributed by atoms with Gasteiger partial charge in [-0.25, -0.2) is 0 Å². The molecule has 0 saturated heterocycles. The Kier molecular flexibility index (Phi) is 2.92. The molecular formula is C15H15NOS. The topological polar surface area (TPSA) is 43.1 Å². The molecule has 3 heteroatoms. The number of hydrogen-bond acceptors (Lipinski definition) is 2. The minimum atomic E-state index is -1.01. The van der Waals surface area contributed by atoms with Gasteiger partial charge in [-0.15, -0.1) is 0 Å². The molecule has 0 spiro atoms. The van der Waals surface area contributed by atoms with Gasteiger partial charge in [0.25, 0.3) is 0 Å². The third-order valence-corrected chi connectivity index (χ3v) is 5.05. The summed E-state index contributed by atoms with van der Waals surface area (Å²) in [6.07, 6.45) is 1.04. The number of hydrogen-bond donors (Lipinski definition) is 1. The standard InChI is InChI=1S/C15H15NOS/c16-14-7-3-4-8-15(14)18(17)10-12-9-11-5-1-2-6-13(11)12/h1-8,12H,9-10,16H2. The molecule has 2 aromatic carbocycles. The summed E-state index contributed by atoms with van der Waals surface area (Å²) >= 11 is 0. The second kappa shape index (κ2) is 4.58. The normalized spacial score (nSPS) is 18.8. The first-order chi connectivity index (χ1) is 8.75. The molecule has 1 aliphatic rings. The number of rotatable bonds is 3. The Hall–Kier alpha value is -1.61. The van der Waals surface area contributed by atoms with Crippen molar-refractivity contribution < 1.29 is 4.21 Å². The largest absolute Gasteiger partial charge is 0.398 e. The summed E-state index contributed by atoms with van der Waals surface area (Å²) in [7, 11) is -1.01. The third kappa shape index (κ3) is 1.95. The summed E-state index contributed by atoms with van der Waals surface area (Å²) in [6.45, 7) is 0. The molecule has 0 amide bonds. The van der Waals surface area contributed by atoms with Gasteiger partial charge in [0.05, 0.1) is 15.7 Å². The molecular weight excluding hydrogens is 242 g/mol. The van der Waals surface area contributed by atoms with Gasteiger partial charge in [-0.3, -0.25) is 4.21 Å². The summed E-state index contributed by atoms with van der Waals surface area (Å²) < 4.78 is 12.3. The van der Waals surface area contributed by atoms with Gasteiger partial charge in [-0.1, -0.05) is 36.4 Å². The molecule has 3 rings (SSSR count). The van der Waals surface area contributed by atoms with Crippen LogP contribution in [-0.2, 0) is 17.2 Å². The van der Waals surface area contributed by atoms with Crippen LogP contribution >= 0.6 is 0 Å². The second-order valence-electron chi connectivity index (χ2n) is 4.65. The molecule has 2 nitrogen and oxygen atoms in total. The van der Waals surface area contributed by atoms with Crippen molar-refractivity contribution in [2.24, 2.45) is 0 Å². The highest BCUT2D eigenvalue weighted by molar-refractivity contribution is 7.85. The molecule has 0 radical (unpaired) electrons. The van der Waals surface area contributed by atoms with E-state index in [0.29, 0.717) is 17.4 Å². The predicted molar refractivity (Wildman–Crippen MR) is 75.0 cm³/mol. The van der Waals surface area contributed by atoms with Gasteiger partial charge < -0.3 is 5.73 Å². The van der Waals surface area contributed by atoms with Crippen molar-refractivity contribution in [2.75, 3.05) is 11.5 Å². The Morgan fingerprint density at radius 3 is 2.61 bits per heavy atom. The first-order valence-electron chi connectivity index (χ1n) is 6.06. The van der Waals surface area contributed by atoms with Crippen LogP contribution < -0.4 is 5.73 Å². The van der Waals surface area contributed by atoms with Crippen LogP contribution in [0.2, 0.25) is 0 Å². The van der Waals surface area contributed by atoms with E-state index in [0.717, 1.165) is 11.3 Å². The van der Waals surface area contributed by atoms with E-state index < -0.39 is 10.8 Å². The van der Waals surface area contributed by atoms with Crippen molar-refractivity contribution >= 4 is 16.5 Å². The smallest absolute Gasteiger partial charge is 0.0617 e. The predicted octanol–water partition coefficient (Wildman–Crippen LogP) is 2.72. The fourth-order valence-electron chi connectivity index (χ4n) is 2.47. The van der Waals surface area contributed by atoms with Gasteiger partial charge in [-0.2, -0.15) is 0 Å². The highest BCUT2D eigenvalue weighted by Crippen LogP contribution is 2.36. The first-order valence-corrected chi connectivity index (χ1v) is 7.38. The van der Waals surface area contributed by atoms with Crippen molar-refractivity contribution in [3.63, 3.8) is 0 Å². The minimum Gasteiger partial charge on any atom is -0.398 e. The molecule has 0 aromatic heterocycles. The zero-order chi connectivity index (χ0) is 12.5. The van der Waals surface area contributed by atoms with E-state index in [2.05, 4.69) is 18.2 Å². The zero-order valence-electron chi connectivity index (χ0n) is 10.0. The van der Waals surface area contributed by atoms with Crippen LogP contribution in [0.4, 0.5) is 5.69 Å². The molecule has 18 heavy (non-hydrogen) atoms. The van der Waals surface area contributed by atoms with Crippen molar-refractivity contribution in [3.05, 3.63) is 59.7 Å². The average Bonchev–Trinajstić information content (AvgIpc) is 2.36. The Bertz CT molecular complexity index is 609. The van der Waals surface area contributed by atoms with Crippen LogP contribution in [-0.4, -0.2) is 9.96 Å². The lowest BCUT2D eigenvalue weighted by Gasteiger charge is -2.29. The quantitative estimate of drug-likeness (QED) is 0.859. The van der Waals surface area contributed by atoms with E-state index in [1.54, 1.807) is 0 Å². The van der Waals surface area contributed by atoms with E-state index >= 15 is 0 Å². The SMILES string of the molecule is Nc1ccccc1S(=O)CC1Cc2ccccc21. The van der Waals surface area contributed by atoms with Crippen molar-refractivity contribution in [3.8, 4) is 0 Å². The van der Waals surface area contributed by atoms with Crippen LogP contribution in [0.25, 0.3) is 0 Å². The lowest BCUT2D eigenvalue weighted by atomic mass is 9.79. The van der Waals surface area contributed by atoms with Gasteiger partial charge >= 0.3 is 0 Å². The molecule has 0 bridgehead atoms. The molecule has 1 aliphatic carbocycles. The summed E-state index contributed by atoms with van der Waals surface area (Å²) in [5.41, 5.74) is 9.22. The van der Waals surface area contributed by atoms with E-state index in [1.165, 1.54) is 11.1 Å². The molecule has 0 heterocycles. The van der Waals surface area contributed by atoms with Crippen LogP contribution in [0.5, 0.6) is 0 Å². The first kappa shape index (κ1) is 11.5. The minimum absolute atomic E-state index is 0.418. The zero-order valence-corrected chi connectivity index (χ0v) is 10.8. The number of nitrogen functional groups attached to an aromatic ring is 1. The molecule has 2 atom stereocenters. The molecule has 2 unspecified atom stereocenters. The Morgan fingerprint density at radius 2 is 1.83 bits per heavy atom. The van der Waals surface area contributed by atoms with Gasteiger partial charge in [0, 0.05) is 17.4 Å². The Balaban J connectivity index is 1.76. The lowest BCUT2D eigenvalue weighted by Crippen LogP contribution is -2.22. The van der Waals surface area contributed by atoms with Crippen LogP contribution in [0, 0.1) is 0 Å². The summed E-state index contributed by atoms with van der Waals surface area (Å²) in [6, 6.07) is 15.8. The number of para-hydroxylation sites is 1. The van der Waals surface area contributed by atoms with E-state index in [1.807, 2.05) is 30.3 Å². The maximum Gasteiger partial charge on any atom is 0.0617 e. The Morgan fingerprint density at radius 1 is 1.11 bits per heavy atom. The average molecular weight is 257 g/mol. The van der Waals surface area contributed by atoms with Crippen molar-refractivity contribution in [2.45, 2.75) is 17.2 Å². The highest BCUT2D eigenvalue weighted by atomic mass is 32.2. The van der Waals surface area contributed by atoms with Gasteiger partial charge in [0.2, 0.25) is 0 Å². The monoisotopic (exact) mass is 257 g/mol. The molecule has 0 saturated carbocycles.